The third-order valence-corrected chi connectivity index (χ3v) is 6.05. The number of rotatable bonds is 4. The monoisotopic (exact) mass is 418 g/mol. The van der Waals surface area contributed by atoms with Crippen molar-refractivity contribution in [1.29, 1.82) is 0 Å². The summed E-state index contributed by atoms with van der Waals surface area (Å²) < 4.78 is 0.956. The first-order valence-electron chi connectivity index (χ1n) is 8.07. The second-order valence-corrected chi connectivity index (χ2v) is 8.43. The van der Waals surface area contributed by atoms with Crippen LogP contribution in [-0.2, 0) is 0 Å². The fourth-order valence-corrected chi connectivity index (χ4v) is 4.76. The lowest BCUT2D eigenvalue weighted by molar-refractivity contribution is 0.0871. The molecule has 3 nitrogen and oxygen atoms in total. The van der Waals surface area contributed by atoms with Gasteiger partial charge in [-0.05, 0) is 38.1 Å². The first-order chi connectivity index (χ1) is 11.6. The van der Waals surface area contributed by atoms with Gasteiger partial charge < -0.3 is 10.2 Å². The lowest BCUT2D eigenvalue weighted by atomic mass is 9.91. The van der Waals surface area contributed by atoms with Gasteiger partial charge in [0.15, 0.2) is 0 Å². The number of carbonyl (C=O) groups excluding carboxylic acids is 1. The Morgan fingerprint density at radius 2 is 2.00 bits per heavy atom. The summed E-state index contributed by atoms with van der Waals surface area (Å²) in [6.07, 6.45) is 3.45. The summed E-state index contributed by atoms with van der Waals surface area (Å²) in [5.74, 6) is -0.170. The van der Waals surface area contributed by atoms with Crippen LogP contribution in [0.15, 0.2) is 36.4 Å². The lowest BCUT2D eigenvalue weighted by Crippen LogP contribution is -2.47. The summed E-state index contributed by atoms with van der Waals surface area (Å²) in [6, 6.07) is 12.0. The number of likely N-dealkylation sites (N-methyl/N-ethyl adjacent to an activating group) is 1. The van der Waals surface area contributed by atoms with Crippen molar-refractivity contribution in [3.05, 3.63) is 56.2 Å². The van der Waals surface area contributed by atoms with Crippen molar-refractivity contribution in [1.82, 2.24) is 10.2 Å². The van der Waals surface area contributed by atoms with Crippen LogP contribution >= 0.6 is 46.9 Å². The quantitative estimate of drug-likeness (QED) is 0.716. The molecule has 0 bridgehead atoms. The van der Waals surface area contributed by atoms with Crippen molar-refractivity contribution in [2.24, 2.45) is 0 Å². The number of nitrogens with zero attached hydrogens (tertiary/aromatic N) is 1. The Kier molecular flexibility index (Phi) is 7.59. The molecule has 7 heteroatoms. The van der Waals surface area contributed by atoms with Crippen LogP contribution in [0.1, 0.15) is 41.2 Å². The Morgan fingerprint density at radius 3 is 2.60 bits per heavy atom. The van der Waals surface area contributed by atoms with Gasteiger partial charge in [0.05, 0.1) is 15.9 Å². The normalized spacial score (nSPS) is 19.1. The van der Waals surface area contributed by atoms with Crippen molar-refractivity contribution in [3.8, 4) is 0 Å². The third-order valence-electron chi connectivity index (χ3n) is 4.56. The second kappa shape index (κ2) is 9.24. The van der Waals surface area contributed by atoms with Gasteiger partial charge in [0.25, 0.3) is 5.91 Å². The number of thiophene rings is 1. The maximum absolute atomic E-state index is 12.7. The van der Waals surface area contributed by atoms with E-state index in [2.05, 4.69) is 29.4 Å². The van der Waals surface area contributed by atoms with Crippen LogP contribution in [0.5, 0.6) is 0 Å². The van der Waals surface area contributed by atoms with Gasteiger partial charge >= 0.3 is 0 Å². The smallest absolute Gasteiger partial charge is 0.254 e. The number of hydrogen-bond acceptors (Lipinski definition) is 3. The van der Waals surface area contributed by atoms with Crippen LogP contribution < -0.4 is 5.32 Å². The lowest BCUT2D eigenvalue weighted by Gasteiger charge is -2.38. The molecule has 0 unspecified atom stereocenters. The molecule has 0 spiro atoms. The number of piperidine rings is 1. The number of carbonyl (C=O) groups is 1. The fraction of sp³-hybridized carbons (Fsp3) is 0.389. The Balaban J connectivity index is 0.00000225. The molecule has 2 heterocycles. The average molecular weight is 420 g/mol. The molecule has 1 amide bonds. The number of amides is 1. The third kappa shape index (κ3) is 4.89. The van der Waals surface area contributed by atoms with Gasteiger partial charge in [0, 0.05) is 6.04 Å². The number of likely N-dealkylation sites (tertiary alicyclic amines) is 1. The largest absolute Gasteiger partial charge is 0.344 e. The van der Waals surface area contributed by atoms with Crippen LogP contribution in [0.2, 0.25) is 8.67 Å². The summed E-state index contributed by atoms with van der Waals surface area (Å²) in [5.41, 5.74) is 1.56. The SMILES string of the molecule is CN1CCCC[C@H]1[C@@H](NC(=O)c1cc(Cl)sc1Cl)c1ccccc1.Cl. The molecule has 3 rings (SSSR count). The van der Waals surface area contributed by atoms with Crippen LogP contribution in [0.4, 0.5) is 0 Å². The first-order valence-corrected chi connectivity index (χ1v) is 9.64. The first kappa shape index (κ1) is 20.5. The van der Waals surface area contributed by atoms with Crippen LogP contribution in [-0.4, -0.2) is 30.4 Å². The van der Waals surface area contributed by atoms with Crippen molar-refractivity contribution < 1.29 is 4.79 Å². The molecule has 136 valence electrons. The van der Waals surface area contributed by atoms with E-state index < -0.39 is 0 Å². The zero-order valence-corrected chi connectivity index (χ0v) is 17.0. The number of nitrogens with one attached hydrogen (secondary N) is 1. The van der Waals surface area contributed by atoms with E-state index in [-0.39, 0.29) is 30.4 Å². The highest BCUT2D eigenvalue weighted by atomic mass is 35.5. The number of hydrogen-bond donors (Lipinski definition) is 1. The maximum atomic E-state index is 12.7. The average Bonchev–Trinajstić information content (AvgIpc) is 2.92. The van der Waals surface area contributed by atoms with Crippen LogP contribution in [0.3, 0.4) is 0 Å². The fourth-order valence-electron chi connectivity index (χ4n) is 3.30. The molecule has 1 fully saturated rings. The van der Waals surface area contributed by atoms with Gasteiger partial charge in [-0.2, -0.15) is 0 Å². The predicted octanol–water partition coefficient (Wildman–Crippen LogP) is 5.43. The maximum Gasteiger partial charge on any atom is 0.254 e. The Morgan fingerprint density at radius 1 is 1.28 bits per heavy atom. The molecule has 0 saturated carbocycles. The Hall–Kier alpha value is -0.780. The van der Waals surface area contributed by atoms with Gasteiger partial charge in [-0.1, -0.05) is 60.0 Å². The minimum absolute atomic E-state index is 0. The van der Waals surface area contributed by atoms with E-state index >= 15 is 0 Å². The van der Waals surface area contributed by atoms with Gasteiger partial charge in [0.2, 0.25) is 0 Å². The van der Waals surface area contributed by atoms with E-state index in [4.69, 9.17) is 23.2 Å². The summed E-state index contributed by atoms with van der Waals surface area (Å²) >= 11 is 13.3. The summed E-state index contributed by atoms with van der Waals surface area (Å²) in [7, 11) is 2.13. The highest BCUT2D eigenvalue weighted by molar-refractivity contribution is 7.20. The van der Waals surface area contributed by atoms with E-state index in [1.807, 2.05) is 18.2 Å². The van der Waals surface area contributed by atoms with Crippen molar-refractivity contribution in [2.75, 3.05) is 13.6 Å². The highest BCUT2D eigenvalue weighted by Crippen LogP contribution is 2.33. The molecular weight excluding hydrogens is 399 g/mol. The minimum Gasteiger partial charge on any atom is -0.344 e. The summed E-state index contributed by atoms with van der Waals surface area (Å²) in [4.78, 5) is 15.1. The number of halogens is 3. The van der Waals surface area contributed by atoms with E-state index in [1.165, 1.54) is 24.2 Å². The molecule has 1 N–H and O–H groups in total. The van der Waals surface area contributed by atoms with Crippen molar-refractivity contribution >= 4 is 52.9 Å². The molecule has 1 aliphatic heterocycles. The van der Waals surface area contributed by atoms with Gasteiger partial charge in [-0.3, -0.25) is 4.79 Å². The molecule has 1 saturated heterocycles. The Bertz CT molecular complexity index is 708. The second-order valence-electron chi connectivity index (χ2n) is 6.14. The molecule has 1 aliphatic rings. The van der Waals surface area contributed by atoms with E-state index in [0.717, 1.165) is 18.5 Å². The zero-order chi connectivity index (χ0) is 17.1. The van der Waals surface area contributed by atoms with Crippen molar-refractivity contribution in [3.63, 3.8) is 0 Å². The van der Waals surface area contributed by atoms with Crippen LogP contribution in [0, 0.1) is 0 Å². The molecule has 2 atom stereocenters. The van der Waals surface area contributed by atoms with Crippen LogP contribution in [0.25, 0.3) is 0 Å². The van der Waals surface area contributed by atoms with Crippen molar-refractivity contribution in [2.45, 2.75) is 31.3 Å². The molecule has 0 radical (unpaired) electrons. The standard InChI is InChI=1S/C18H20Cl2N2OS.ClH/c1-22-10-6-5-9-14(22)16(12-7-3-2-4-8-12)21-18(23)13-11-15(19)24-17(13)20;/h2-4,7-8,11,14,16H,5-6,9-10H2,1H3,(H,21,23);1H/t14-,16-;/m0./s1. The number of benzene rings is 1. The summed E-state index contributed by atoms with van der Waals surface area (Å²) in [5, 5.41) is 3.19. The zero-order valence-electron chi connectivity index (χ0n) is 13.9. The molecule has 25 heavy (non-hydrogen) atoms. The molecular formula is C18H21Cl3N2OS. The van der Waals surface area contributed by atoms with E-state index in [1.54, 1.807) is 6.07 Å². The highest BCUT2D eigenvalue weighted by Gasteiger charge is 2.30. The van der Waals surface area contributed by atoms with Gasteiger partial charge in [-0.15, -0.1) is 23.7 Å². The van der Waals surface area contributed by atoms with E-state index in [0.29, 0.717) is 14.2 Å². The molecule has 1 aromatic carbocycles. The molecule has 1 aromatic heterocycles. The van der Waals surface area contributed by atoms with Gasteiger partial charge in [0.1, 0.15) is 4.34 Å². The van der Waals surface area contributed by atoms with E-state index in [9.17, 15) is 4.79 Å². The molecule has 2 aromatic rings. The van der Waals surface area contributed by atoms with Gasteiger partial charge in [-0.25, -0.2) is 0 Å². The minimum atomic E-state index is -0.170. The molecule has 0 aliphatic carbocycles. The Labute approximate surface area is 168 Å². The summed E-state index contributed by atoms with van der Waals surface area (Å²) in [6.45, 7) is 1.05. The topological polar surface area (TPSA) is 32.3 Å². The predicted molar refractivity (Wildman–Crippen MR) is 109 cm³/mol.